The van der Waals surface area contributed by atoms with Gasteiger partial charge in [-0.15, -0.1) is 11.3 Å². The summed E-state index contributed by atoms with van der Waals surface area (Å²) in [6, 6.07) is 13.6. The van der Waals surface area contributed by atoms with Gasteiger partial charge in [-0.2, -0.15) is 21.6 Å². The fraction of sp³-hybridized carbons (Fsp3) is 0.273. The standard InChI is InChI=1S/C22H20ClF3N4O4S2/c1-21(12-29(13-21)10-15-5-3-2-4-6-15)28-18-8-7-16(9-17(18)23)36(32,33)30(19-11-35-14-27-19)34-20(31)22(24,25)26/h2-9,11,14,28H,10,12-13H2,1H3. The monoisotopic (exact) mass is 560 g/mol. The highest BCUT2D eigenvalue weighted by Gasteiger charge is 2.45. The normalized spacial score (nSPS) is 15.7. The number of thiazole rings is 1. The van der Waals surface area contributed by atoms with E-state index in [-0.39, 0.29) is 15.0 Å². The van der Waals surface area contributed by atoms with Crippen LogP contribution in [-0.2, 0) is 26.2 Å². The molecule has 36 heavy (non-hydrogen) atoms. The van der Waals surface area contributed by atoms with Crippen LogP contribution in [-0.4, -0.2) is 49.1 Å². The molecule has 0 saturated carbocycles. The Morgan fingerprint density at radius 3 is 2.53 bits per heavy atom. The van der Waals surface area contributed by atoms with Gasteiger partial charge in [0.2, 0.25) is 0 Å². The zero-order chi connectivity index (χ0) is 26.1. The molecular weight excluding hydrogens is 541 g/mol. The quantitative estimate of drug-likeness (QED) is 0.399. The molecule has 1 aliphatic rings. The summed E-state index contributed by atoms with van der Waals surface area (Å²) >= 11 is 7.24. The van der Waals surface area contributed by atoms with Crippen LogP contribution in [0.2, 0.25) is 5.02 Å². The minimum Gasteiger partial charge on any atom is -0.376 e. The van der Waals surface area contributed by atoms with Gasteiger partial charge in [0.05, 0.1) is 26.7 Å². The van der Waals surface area contributed by atoms with E-state index in [1.54, 1.807) is 0 Å². The van der Waals surface area contributed by atoms with Crippen LogP contribution in [0.15, 0.2) is 64.3 Å². The van der Waals surface area contributed by atoms with E-state index in [4.69, 9.17) is 11.6 Å². The molecule has 2 heterocycles. The molecule has 1 aromatic heterocycles. The summed E-state index contributed by atoms with van der Waals surface area (Å²) in [7, 11) is -4.78. The Morgan fingerprint density at radius 2 is 1.94 bits per heavy atom. The van der Waals surface area contributed by atoms with Gasteiger partial charge >= 0.3 is 12.1 Å². The third-order valence-corrected chi connectivity index (χ3v) is 7.73. The molecule has 1 aliphatic heterocycles. The second-order valence-electron chi connectivity index (χ2n) is 8.41. The summed E-state index contributed by atoms with van der Waals surface area (Å²) in [4.78, 5) is 21.0. The van der Waals surface area contributed by atoms with Crippen molar-refractivity contribution in [1.82, 2.24) is 9.88 Å². The molecule has 0 aliphatic carbocycles. The van der Waals surface area contributed by atoms with Crippen LogP contribution < -0.4 is 9.79 Å². The molecule has 1 fully saturated rings. The first kappa shape index (κ1) is 26.2. The number of benzene rings is 2. The third-order valence-electron chi connectivity index (χ3n) is 5.29. The first-order chi connectivity index (χ1) is 16.9. The molecule has 0 radical (unpaired) electrons. The number of likely N-dealkylation sites (tertiary alicyclic amines) is 1. The van der Waals surface area contributed by atoms with E-state index in [1.807, 2.05) is 37.3 Å². The molecule has 8 nitrogen and oxygen atoms in total. The Labute approximate surface area is 214 Å². The number of carbonyl (C=O) groups is 1. The number of rotatable bonds is 8. The van der Waals surface area contributed by atoms with Crippen molar-refractivity contribution in [2.75, 3.05) is 22.9 Å². The highest BCUT2D eigenvalue weighted by molar-refractivity contribution is 7.92. The smallest absolute Gasteiger partial charge is 0.376 e. The maximum atomic E-state index is 13.1. The van der Waals surface area contributed by atoms with Gasteiger partial charge in [0.1, 0.15) is 0 Å². The number of anilines is 2. The Balaban J connectivity index is 1.49. The molecule has 192 valence electrons. The molecule has 0 bridgehead atoms. The predicted octanol–water partition coefficient (Wildman–Crippen LogP) is 4.70. The van der Waals surface area contributed by atoms with Crippen LogP contribution in [0, 0.1) is 0 Å². The van der Waals surface area contributed by atoms with Crippen molar-refractivity contribution in [3.05, 3.63) is 70.0 Å². The number of sulfonamides is 1. The van der Waals surface area contributed by atoms with Crippen LogP contribution in [0.25, 0.3) is 0 Å². The lowest BCUT2D eigenvalue weighted by atomic mass is 9.91. The van der Waals surface area contributed by atoms with E-state index in [1.165, 1.54) is 17.1 Å². The van der Waals surface area contributed by atoms with Gasteiger partial charge in [0.25, 0.3) is 10.0 Å². The first-order valence-corrected chi connectivity index (χ1v) is 13.2. The molecule has 0 spiro atoms. The summed E-state index contributed by atoms with van der Waals surface area (Å²) in [6.07, 6.45) is -5.41. The highest BCUT2D eigenvalue weighted by atomic mass is 35.5. The maximum absolute atomic E-state index is 13.1. The van der Waals surface area contributed by atoms with Gasteiger partial charge in [-0.1, -0.05) is 46.4 Å². The van der Waals surface area contributed by atoms with Crippen LogP contribution in [0.1, 0.15) is 12.5 Å². The second kappa shape index (κ2) is 9.88. The van der Waals surface area contributed by atoms with Crippen molar-refractivity contribution in [1.29, 1.82) is 0 Å². The minimum atomic E-state index is -5.41. The molecule has 3 aromatic rings. The van der Waals surface area contributed by atoms with Crippen molar-refractivity contribution in [2.45, 2.75) is 30.1 Å². The summed E-state index contributed by atoms with van der Waals surface area (Å²) in [5.41, 5.74) is 2.49. The van der Waals surface area contributed by atoms with Crippen molar-refractivity contribution in [2.24, 2.45) is 0 Å². The zero-order valence-corrected chi connectivity index (χ0v) is 21.1. The number of aromatic nitrogens is 1. The average Bonchev–Trinajstić information content (AvgIpc) is 3.32. The lowest BCUT2D eigenvalue weighted by Gasteiger charge is -2.49. The molecule has 2 aromatic carbocycles. The number of hydrogen-bond acceptors (Lipinski definition) is 8. The SMILES string of the molecule is CC1(Nc2ccc(S(=O)(=O)N(OC(=O)C(F)(F)F)c3cscn3)cc2Cl)CN(Cc2ccccc2)C1. The van der Waals surface area contributed by atoms with Crippen molar-refractivity contribution >= 4 is 50.4 Å². The lowest BCUT2D eigenvalue weighted by molar-refractivity contribution is -0.199. The zero-order valence-electron chi connectivity index (χ0n) is 18.7. The van der Waals surface area contributed by atoms with E-state index in [9.17, 15) is 26.4 Å². The number of hydrogen-bond donors (Lipinski definition) is 1. The van der Waals surface area contributed by atoms with Gasteiger partial charge in [-0.05, 0) is 30.7 Å². The number of nitrogens with one attached hydrogen (secondary N) is 1. The van der Waals surface area contributed by atoms with E-state index >= 15 is 0 Å². The summed E-state index contributed by atoms with van der Waals surface area (Å²) in [6.45, 7) is 4.20. The second-order valence-corrected chi connectivity index (χ2v) is 11.3. The van der Waals surface area contributed by atoms with Crippen LogP contribution in [0.3, 0.4) is 0 Å². The van der Waals surface area contributed by atoms with Crippen molar-refractivity contribution in [3.63, 3.8) is 0 Å². The van der Waals surface area contributed by atoms with Gasteiger partial charge in [0, 0.05) is 25.0 Å². The molecule has 1 N–H and O–H groups in total. The first-order valence-electron chi connectivity index (χ1n) is 10.4. The number of alkyl halides is 3. The van der Waals surface area contributed by atoms with Crippen molar-refractivity contribution < 1.29 is 31.2 Å². The fourth-order valence-corrected chi connectivity index (χ4v) is 5.87. The van der Waals surface area contributed by atoms with Gasteiger partial charge in [-0.3, -0.25) is 4.90 Å². The fourth-order valence-electron chi connectivity index (χ4n) is 3.79. The molecule has 4 rings (SSSR count). The molecule has 14 heteroatoms. The Bertz CT molecular complexity index is 1330. The summed E-state index contributed by atoms with van der Waals surface area (Å²) in [5.74, 6) is -3.21. The third kappa shape index (κ3) is 5.75. The Morgan fingerprint density at radius 1 is 1.25 bits per heavy atom. The van der Waals surface area contributed by atoms with E-state index in [0.717, 1.165) is 35.4 Å². The number of nitrogens with zero attached hydrogens (tertiary/aromatic N) is 3. The Hall–Kier alpha value is -2.87. The largest absolute Gasteiger partial charge is 0.493 e. The van der Waals surface area contributed by atoms with Crippen LogP contribution >= 0.6 is 22.9 Å². The number of halogens is 4. The molecular formula is C22H20ClF3N4O4S2. The molecule has 1 saturated heterocycles. The van der Waals surface area contributed by atoms with Crippen LogP contribution in [0.4, 0.5) is 24.7 Å². The molecule has 0 amide bonds. The van der Waals surface area contributed by atoms with E-state index < -0.39 is 32.9 Å². The lowest BCUT2D eigenvalue weighted by Crippen LogP contribution is -2.63. The summed E-state index contributed by atoms with van der Waals surface area (Å²) < 4.78 is 64.3. The molecule has 0 atom stereocenters. The minimum absolute atomic E-state index is 0.0270. The van der Waals surface area contributed by atoms with Gasteiger partial charge in [0.15, 0.2) is 5.82 Å². The average molecular weight is 561 g/mol. The number of carbonyl (C=O) groups excluding carboxylic acids is 1. The maximum Gasteiger partial charge on any atom is 0.493 e. The predicted molar refractivity (Wildman–Crippen MR) is 129 cm³/mol. The molecule has 0 unspecified atom stereocenters. The van der Waals surface area contributed by atoms with Gasteiger partial charge in [-0.25, -0.2) is 9.78 Å². The van der Waals surface area contributed by atoms with E-state index in [0.29, 0.717) is 18.8 Å². The van der Waals surface area contributed by atoms with Gasteiger partial charge < -0.3 is 10.2 Å². The van der Waals surface area contributed by atoms with Crippen LogP contribution in [0.5, 0.6) is 0 Å². The van der Waals surface area contributed by atoms with E-state index in [2.05, 4.69) is 20.0 Å². The topological polar surface area (TPSA) is 91.8 Å². The summed E-state index contributed by atoms with van der Waals surface area (Å²) in [5, 5.41) is 4.45. The highest BCUT2D eigenvalue weighted by Crippen LogP contribution is 2.34. The van der Waals surface area contributed by atoms with Crippen molar-refractivity contribution in [3.8, 4) is 0 Å². The Kier molecular flexibility index (Phi) is 7.19.